The van der Waals surface area contributed by atoms with Crippen molar-refractivity contribution in [1.82, 2.24) is 9.97 Å². The molecule has 2 aromatic rings. The molecule has 114 valence electrons. The molecule has 0 saturated carbocycles. The minimum absolute atomic E-state index is 0.352. The minimum atomic E-state index is -0.582. The molecule has 1 heterocycles. The van der Waals surface area contributed by atoms with Crippen molar-refractivity contribution < 1.29 is 14.3 Å². The third kappa shape index (κ3) is 4.12. The zero-order valence-corrected chi connectivity index (χ0v) is 12.9. The third-order valence-corrected chi connectivity index (χ3v) is 3.83. The van der Waals surface area contributed by atoms with Crippen LogP contribution in [-0.2, 0) is 9.53 Å². The molecule has 0 bridgehead atoms. The molecule has 21 heavy (non-hydrogen) atoms. The minimum Gasteiger partial charge on any atom is -0.497 e. The normalized spacial score (nSPS) is 12.3. The highest BCUT2D eigenvalue weighted by Crippen LogP contribution is 2.23. The van der Waals surface area contributed by atoms with Gasteiger partial charge >= 0.3 is 5.97 Å². The smallest absolute Gasteiger partial charge is 0.322 e. The van der Waals surface area contributed by atoms with Gasteiger partial charge in [0.15, 0.2) is 5.16 Å². The first kappa shape index (κ1) is 15.7. The summed E-state index contributed by atoms with van der Waals surface area (Å²) < 4.78 is 10.0. The zero-order valence-electron chi connectivity index (χ0n) is 12.1. The van der Waals surface area contributed by atoms with Gasteiger partial charge in [-0.25, -0.2) is 4.98 Å². The number of benzene rings is 1. The van der Waals surface area contributed by atoms with Crippen molar-refractivity contribution in [3.05, 3.63) is 18.2 Å². The number of H-pyrrole nitrogens is 1. The van der Waals surface area contributed by atoms with Gasteiger partial charge in [-0.15, -0.1) is 0 Å². The summed E-state index contributed by atoms with van der Waals surface area (Å²) in [4.78, 5) is 19.1. The lowest BCUT2D eigenvalue weighted by molar-refractivity contribution is -0.144. The molecule has 0 fully saturated rings. The maximum atomic E-state index is 11.4. The molecule has 0 spiro atoms. The van der Waals surface area contributed by atoms with Crippen molar-refractivity contribution in [2.75, 3.05) is 19.5 Å². The van der Waals surface area contributed by atoms with Crippen molar-refractivity contribution in [1.29, 1.82) is 0 Å². The van der Waals surface area contributed by atoms with Crippen LogP contribution in [0.1, 0.15) is 13.3 Å². The Morgan fingerprint density at radius 3 is 3.05 bits per heavy atom. The Kier molecular flexibility index (Phi) is 5.46. The Labute approximate surface area is 127 Å². The van der Waals surface area contributed by atoms with E-state index in [0.717, 1.165) is 21.9 Å². The molecule has 0 amide bonds. The maximum Gasteiger partial charge on any atom is 0.322 e. The number of aromatic amines is 1. The highest BCUT2D eigenvalue weighted by atomic mass is 32.2. The van der Waals surface area contributed by atoms with Crippen molar-refractivity contribution >= 4 is 28.8 Å². The Balaban J connectivity index is 1.90. The molecule has 0 aliphatic rings. The fraction of sp³-hybridized carbons (Fsp3) is 0.429. The molecular weight excluding hydrogens is 290 g/mol. The van der Waals surface area contributed by atoms with Crippen LogP contribution in [0.5, 0.6) is 5.75 Å². The number of hydrogen-bond acceptors (Lipinski definition) is 6. The average Bonchev–Trinajstić information content (AvgIpc) is 2.88. The van der Waals surface area contributed by atoms with Crippen LogP contribution in [0.3, 0.4) is 0 Å². The predicted octanol–water partition coefficient (Wildman–Crippen LogP) is 1.94. The summed E-state index contributed by atoms with van der Waals surface area (Å²) >= 11 is 1.53. The summed E-state index contributed by atoms with van der Waals surface area (Å²) in [6.45, 7) is 2.12. The van der Waals surface area contributed by atoms with Crippen LogP contribution >= 0.6 is 11.8 Å². The van der Waals surface area contributed by atoms with Crippen molar-refractivity contribution in [2.24, 2.45) is 5.73 Å². The fourth-order valence-electron chi connectivity index (χ4n) is 1.81. The monoisotopic (exact) mass is 309 g/mol. The largest absolute Gasteiger partial charge is 0.497 e. The van der Waals surface area contributed by atoms with Gasteiger partial charge in [0.1, 0.15) is 11.8 Å². The molecule has 3 N–H and O–H groups in total. The Hall–Kier alpha value is -1.73. The van der Waals surface area contributed by atoms with Crippen LogP contribution in [0.15, 0.2) is 23.4 Å². The first-order chi connectivity index (χ1) is 10.1. The van der Waals surface area contributed by atoms with E-state index in [4.69, 9.17) is 15.2 Å². The number of imidazole rings is 1. The highest BCUT2D eigenvalue weighted by molar-refractivity contribution is 7.99. The standard InChI is InChI=1S/C14H19N3O3S/c1-3-20-13(18)10(15)6-7-21-14-16-11-5-4-9(19-2)8-12(11)17-14/h4-5,8,10H,3,6-7,15H2,1-2H3,(H,16,17). The molecule has 0 radical (unpaired) electrons. The highest BCUT2D eigenvalue weighted by Gasteiger charge is 2.14. The number of nitrogens with one attached hydrogen (secondary N) is 1. The molecular formula is C14H19N3O3S. The molecule has 1 aromatic heterocycles. The summed E-state index contributed by atoms with van der Waals surface area (Å²) in [6, 6.07) is 5.09. The molecule has 1 unspecified atom stereocenters. The van der Waals surface area contributed by atoms with E-state index in [1.54, 1.807) is 14.0 Å². The van der Waals surface area contributed by atoms with Crippen LogP contribution in [0.2, 0.25) is 0 Å². The van der Waals surface area contributed by atoms with Gasteiger partial charge in [-0.2, -0.15) is 0 Å². The number of nitrogens with two attached hydrogens (primary N) is 1. The van der Waals surface area contributed by atoms with Crippen molar-refractivity contribution in [3.63, 3.8) is 0 Å². The molecule has 0 aliphatic carbocycles. The fourth-order valence-corrected chi connectivity index (χ4v) is 2.72. The maximum absolute atomic E-state index is 11.4. The first-order valence-electron chi connectivity index (χ1n) is 6.72. The summed E-state index contributed by atoms with van der Waals surface area (Å²) in [5.74, 6) is 1.12. The number of carbonyl (C=O) groups is 1. The second kappa shape index (κ2) is 7.33. The summed E-state index contributed by atoms with van der Waals surface area (Å²) in [5.41, 5.74) is 7.55. The second-order valence-corrected chi connectivity index (χ2v) is 5.50. The molecule has 0 saturated heterocycles. The quantitative estimate of drug-likeness (QED) is 0.600. The lowest BCUT2D eigenvalue weighted by Crippen LogP contribution is -2.32. The number of hydrogen-bond donors (Lipinski definition) is 2. The van der Waals surface area contributed by atoms with E-state index >= 15 is 0 Å². The number of fused-ring (bicyclic) bond motifs is 1. The lowest BCUT2D eigenvalue weighted by atomic mass is 10.2. The average molecular weight is 309 g/mol. The summed E-state index contributed by atoms with van der Waals surface area (Å²) in [5, 5.41) is 0.800. The number of nitrogens with zero attached hydrogens (tertiary/aromatic N) is 1. The van der Waals surface area contributed by atoms with Crippen LogP contribution in [-0.4, -0.2) is 41.4 Å². The van der Waals surface area contributed by atoms with Crippen LogP contribution in [0.25, 0.3) is 11.0 Å². The van der Waals surface area contributed by atoms with Gasteiger partial charge in [0.05, 0.1) is 24.8 Å². The van der Waals surface area contributed by atoms with Crippen molar-refractivity contribution in [3.8, 4) is 5.75 Å². The predicted molar refractivity (Wildman–Crippen MR) is 82.6 cm³/mol. The van der Waals surface area contributed by atoms with Gasteiger partial charge in [0.25, 0.3) is 0 Å². The lowest BCUT2D eigenvalue weighted by Gasteiger charge is -2.09. The van der Waals surface area contributed by atoms with Crippen LogP contribution in [0, 0.1) is 0 Å². The van der Waals surface area contributed by atoms with Gasteiger partial charge < -0.3 is 20.2 Å². The van der Waals surface area contributed by atoms with E-state index in [0.29, 0.717) is 18.8 Å². The van der Waals surface area contributed by atoms with E-state index in [1.165, 1.54) is 11.8 Å². The van der Waals surface area contributed by atoms with Crippen LogP contribution < -0.4 is 10.5 Å². The van der Waals surface area contributed by atoms with Gasteiger partial charge in [0, 0.05) is 11.8 Å². The van der Waals surface area contributed by atoms with E-state index < -0.39 is 6.04 Å². The first-order valence-corrected chi connectivity index (χ1v) is 7.71. The number of thioether (sulfide) groups is 1. The Morgan fingerprint density at radius 2 is 2.33 bits per heavy atom. The molecule has 1 atom stereocenters. The van der Waals surface area contributed by atoms with Gasteiger partial charge in [-0.1, -0.05) is 11.8 Å². The SMILES string of the molecule is CCOC(=O)C(N)CCSc1nc2ccc(OC)cc2[nH]1. The van der Waals surface area contributed by atoms with E-state index in [1.807, 2.05) is 18.2 Å². The Bertz CT molecular complexity index is 615. The summed E-state index contributed by atoms with van der Waals surface area (Å²) in [7, 11) is 1.63. The molecule has 6 nitrogen and oxygen atoms in total. The van der Waals surface area contributed by atoms with E-state index in [-0.39, 0.29) is 5.97 Å². The number of methoxy groups -OCH3 is 1. The van der Waals surface area contributed by atoms with E-state index in [9.17, 15) is 4.79 Å². The topological polar surface area (TPSA) is 90.2 Å². The summed E-state index contributed by atoms with van der Waals surface area (Å²) in [6.07, 6.45) is 0.546. The van der Waals surface area contributed by atoms with Gasteiger partial charge in [-0.3, -0.25) is 4.79 Å². The number of rotatable bonds is 7. The molecule has 7 heteroatoms. The molecule has 0 aliphatic heterocycles. The number of esters is 1. The number of ether oxygens (including phenoxy) is 2. The Morgan fingerprint density at radius 1 is 1.52 bits per heavy atom. The third-order valence-electron chi connectivity index (χ3n) is 2.92. The zero-order chi connectivity index (χ0) is 15.2. The van der Waals surface area contributed by atoms with E-state index in [2.05, 4.69) is 9.97 Å². The molecule has 1 aromatic carbocycles. The number of carbonyl (C=O) groups excluding carboxylic acids is 1. The van der Waals surface area contributed by atoms with Gasteiger partial charge in [0.2, 0.25) is 0 Å². The second-order valence-electron chi connectivity index (χ2n) is 4.42. The number of aromatic nitrogens is 2. The molecule has 2 rings (SSSR count). The van der Waals surface area contributed by atoms with Crippen molar-refractivity contribution in [2.45, 2.75) is 24.5 Å². The van der Waals surface area contributed by atoms with Crippen LogP contribution in [0.4, 0.5) is 0 Å². The van der Waals surface area contributed by atoms with Gasteiger partial charge in [-0.05, 0) is 25.5 Å².